The first-order chi connectivity index (χ1) is 10.1. The predicted octanol–water partition coefficient (Wildman–Crippen LogP) is 5.37. The van der Waals surface area contributed by atoms with Crippen molar-refractivity contribution in [2.75, 3.05) is 19.0 Å². The maximum absolute atomic E-state index is 6.22. The van der Waals surface area contributed by atoms with Crippen molar-refractivity contribution in [1.29, 1.82) is 0 Å². The molecule has 3 nitrogen and oxygen atoms in total. The molecule has 0 aliphatic carbocycles. The molecular weight excluding hydrogens is 327 g/mol. The van der Waals surface area contributed by atoms with E-state index in [2.05, 4.69) is 17.2 Å². The lowest BCUT2D eigenvalue weighted by Gasteiger charge is -2.10. The van der Waals surface area contributed by atoms with Crippen LogP contribution in [0.25, 0.3) is 0 Å². The van der Waals surface area contributed by atoms with E-state index in [0.29, 0.717) is 15.9 Å². The zero-order chi connectivity index (χ0) is 15.2. The number of ether oxygens (including phenoxy) is 1. The third-order valence-electron chi connectivity index (χ3n) is 2.71. The van der Waals surface area contributed by atoms with Crippen LogP contribution in [0.15, 0.2) is 40.3 Å². The van der Waals surface area contributed by atoms with Gasteiger partial charge in [-0.05, 0) is 36.8 Å². The zero-order valence-corrected chi connectivity index (χ0v) is 14.1. The number of nitrogens with one attached hydrogen (secondary N) is 1. The molecule has 0 saturated heterocycles. The number of anilines is 1. The standard InChI is InChI=1S/C15H16Cl2N2OS/c1-3-8-18-14-12(16)9-13(17)15(19-14)21-11-6-4-10(20-2)5-7-11/h4-7,9H,3,8H2,1-2H3,(H,18,19). The minimum absolute atomic E-state index is 0.535. The van der Waals surface area contributed by atoms with E-state index >= 15 is 0 Å². The molecule has 0 atom stereocenters. The van der Waals surface area contributed by atoms with Gasteiger partial charge in [0, 0.05) is 11.4 Å². The molecular formula is C15H16Cl2N2OS. The van der Waals surface area contributed by atoms with Gasteiger partial charge in [0.05, 0.1) is 17.2 Å². The second-order valence-electron chi connectivity index (χ2n) is 4.31. The summed E-state index contributed by atoms with van der Waals surface area (Å²) in [5.41, 5.74) is 0. The van der Waals surface area contributed by atoms with Gasteiger partial charge in [0.25, 0.3) is 0 Å². The van der Waals surface area contributed by atoms with E-state index in [0.717, 1.165) is 28.6 Å². The Morgan fingerprint density at radius 3 is 2.52 bits per heavy atom. The van der Waals surface area contributed by atoms with Crippen molar-refractivity contribution in [2.45, 2.75) is 23.3 Å². The number of rotatable bonds is 6. The molecule has 1 N–H and O–H groups in total. The normalized spacial score (nSPS) is 10.5. The lowest BCUT2D eigenvalue weighted by Crippen LogP contribution is -2.03. The molecule has 6 heteroatoms. The SMILES string of the molecule is CCCNc1nc(Sc2ccc(OC)cc2)c(Cl)cc1Cl. The van der Waals surface area contributed by atoms with Crippen molar-refractivity contribution in [3.8, 4) is 5.75 Å². The van der Waals surface area contributed by atoms with Crippen LogP contribution in [-0.4, -0.2) is 18.6 Å². The molecule has 2 aromatic rings. The Kier molecular flexibility index (Phi) is 6.03. The molecule has 112 valence electrons. The first-order valence-corrected chi connectivity index (χ1v) is 8.13. The van der Waals surface area contributed by atoms with Gasteiger partial charge in [-0.25, -0.2) is 4.98 Å². The Bertz CT molecular complexity index is 605. The zero-order valence-electron chi connectivity index (χ0n) is 11.8. The van der Waals surface area contributed by atoms with Gasteiger partial charge < -0.3 is 10.1 Å². The second kappa shape index (κ2) is 7.78. The number of benzene rings is 1. The molecule has 21 heavy (non-hydrogen) atoms. The summed E-state index contributed by atoms with van der Waals surface area (Å²) in [5, 5.41) is 5.00. The Morgan fingerprint density at radius 1 is 1.19 bits per heavy atom. The summed E-state index contributed by atoms with van der Waals surface area (Å²) in [4.78, 5) is 5.54. The molecule has 1 aromatic carbocycles. The number of halogens is 2. The lowest BCUT2D eigenvalue weighted by molar-refractivity contribution is 0.414. The van der Waals surface area contributed by atoms with Crippen LogP contribution in [0.4, 0.5) is 5.82 Å². The van der Waals surface area contributed by atoms with Crippen molar-refractivity contribution in [2.24, 2.45) is 0 Å². The van der Waals surface area contributed by atoms with Gasteiger partial charge in [-0.1, -0.05) is 41.9 Å². The monoisotopic (exact) mass is 342 g/mol. The average molecular weight is 343 g/mol. The third kappa shape index (κ3) is 4.43. The quantitative estimate of drug-likeness (QED) is 0.765. The largest absolute Gasteiger partial charge is 0.497 e. The van der Waals surface area contributed by atoms with E-state index < -0.39 is 0 Å². The molecule has 0 saturated carbocycles. The predicted molar refractivity (Wildman–Crippen MR) is 90.2 cm³/mol. The smallest absolute Gasteiger partial charge is 0.146 e. The van der Waals surface area contributed by atoms with Crippen molar-refractivity contribution in [3.05, 3.63) is 40.4 Å². The number of hydrogen-bond acceptors (Lipinski definition) is 4. The number of aromatic nitrogens is 1. The maximum Gasteiger partial charge on any atom is 0.146 e. The molecule has 0 fully saturated rings. The van der Waals surface area contributed by atoms with Crippen LogP contribution in [-0.2, 0) is 0 Å². The fourth-order valence-corrected chi connectivity index (χ4v) is 2.97. The van der Waals surface area contributed by atoms with E-state index in [1.54, 1.807) is 13.2 Å². The summed E-state index contributed by atoms with van der Waals surface area (Å²) < 4.78 is 5.14. The fourth-order valence-electron chi connectivity index (χ4n) is 1.64. The first-order valence-electron chi connectivity index (χ1n) is 6.56. The minimum atomic E-state index is 0.535. The van der Waals surface area contributed by atoms with Gasteiger partial charge in [0.2, 0.25) is 0 Å². The first kappa shape index (κ1) is 16.3. The molecule has 0 spiro atoms. The topological polar surface area (TPSA) is 34.2 Å². The van der Waals surface area contributed by atoms with E-state index in [-0.39, 0.29) is 0 Å². The number of hydrogen-bond donors (Lipinski definition) is 1. The van der Waals surface area contributed by atoms with Crippen LogP contribution >= 0.6 is 35.0 Å². The van der Waals surface area contributed by atoms with E-state index in [9.17, 15) is 0 Å². The van der Waals surface area contributed by atoms with Crippen LogP contribution in [0, 0.1) is 0 Å². The molecule has 0 aliphatic heterocycles. The lowest BCUT2D eigenvalue weighted by atomic mass is 10.3. The molecule has 1 aromatic heterocycles. The summed E-state index contributed by atoms with van der Waals surface area (Å²) in [6, 6.07) is 9.47. The Balaban J connectivity index is 2.21. The van der Waals surface area contributed by atoms with Crippen LogP contribution in [0.2, 0.25) is 10.0 Å². The Hall–Kier alpha value is -1.10. The van der Waals surface area contributed by atoms with Gasteiger partial charge in [-0.2, -0.15) is 0 Å². The van der Waals surface area contributed by atoms with E-state index in [4.69, 9.17) is 27.9 Å². The highest BCUT2D eigenvalue weighted by atomic mass is 35.5. The highest BCUT2D eigenvalue weighted by Crippen LogP contribution is 2.36. The van der Waals surface area contributed by atoms with Crippen LogP contribution in [0.1, 0.15) is 13.3 Å². The molecule has 0 aliphatic rings. The summed E-state index contributed by atoms with van der Waals surface area (Å²) in [6.45, 7) is 2.91. The highest BCUT2D eigenvalue weighted by molar-refractivity contribution is 7.99. The van der Waals surface area contributed by atoms with Gasteiger partial charge in [0.1, 0.15) is 16.6 Å². The second-order valence-corrected chi connectivity index (χ2v) is 6.19. The third-order valence-corrected chi connectivity index (χ3v) is 4.41. The maximum atomic E-state index is 6.22. The number of methoxy groups -OCH3 is 1. The van der Waals surface area contributed by atoms with Gasteiger partial charge in [-0.15, -0.1) is 0 Å². The fraction of sp³-hybridized carbons (Fsp3) is 0.267. The van der Waals surface area contributed by atoms with Gasteiger partial charge in [0.15, 0.2) is 0 Å². The molecule has 0 unspecified atom stereocenters. The molecule has 0 amide bonds. The average Bonchev–Trinajstić information content (AvgIpc) is 2.49. The van der Waals surface area contributed by atoms with Crippen LogP contribution < -0.4 is 10.1 Å². The van der Waals surface area contributed by atoms with Gasteiger partial charge >= 0.3 is 0 Å². The van der Waals surface area contributed by atoms with Crippen LogP contribution in [0.5, 0.6) is 5.75 Å². The summed E-state index contributed by atoms with van der Waals surface area (Å²) in [5.74, 6) is 1.48. The van der Waals surface area contributed by atoms with Crippen molar-refractivity contribution >= 4 is 40.8 Å². The van der Waals surface area contributed by atoms with Crippen molar-refractivity contribution < 1.29 is 4.74 Å². The summed E-state index contributed by atoms with van der Waals surface area (Å²) in [7, 11) is 1.64. The van der Waals surface area contributed by atoms with Crippen molar-refractivity contribution in [3.63, 3.8) is 0 Å². The van der Waals surface area contributed by atoms with Crippen molar-refractivity contribution in [1.82, 2.24) is 4.98 Å². The molecule has 0 radical (unpaired) electrons. The molecule has 0 bridgehead atoms. The number of pyridine rings is 1. The van der Waals surface area contributed by atoms with E-state index in [1.807, 2.05) is 24.3 Å². The molecule has 1 heterocycles. The highest BCUT2D eigenvalue weighted by Gasteiger charge is 2.10. The molecule has 2 rings (SSSR count). The summed E-state index contributed by atoms with van der Waals surface area (Å²) in [6.07, 6.45) is 1.00. The van der Waals surface area contributed by atoms with E-state index in [1.165, 1.54) is 11.8 Å². The Labute approximate surface area is 139 Å². The summed E-state index contributed by atoms with van der Waals surface area (Å²) >= 11 is 13.9. The number of nitrogens with zero attached hydrogens (tertiary/aromatic N) is 1. The minimum Gasteiger partial charge on any atom is -0.497 e. The Morgan fingerprint density at radius 2 is 1.90 bits per heavy atom. The van der Waals surface area contributed by atoms with Crippen LogP contribution in [0.3, 0.4) is 0 Å². The van der Waals surface area contributed by atoms with Gasteiger partial charge in [-0.3, -0.25) is 0 Å².